The van der Waals surface area contributed by atoms with Crippen molar-refractivity contribution in [1.82, 2.24) is 5.32 Å². The number of ether oxygens (including phenoxy) is 1. The van der Waals surface area contributed by atoms with Crippen LogP contribution in [-0.4, -0.2) is 19.1 Å². The summed E-state index contributed by atoms with van der Waals surface area (Å²) in [5.41, 5.74) is 2.02. The van der Waals surface area contributed by atoms with E-state index in [4.69, 9.17) is 4.74 Å². The number of carbonyl (C=O) groups excluding carboxylic acids is 1. The molecule has 3 heteroatoms. The van der Waals surface area contributed by atoms with Gasteiger partial charge in [-0.3, -0.25) is 4.79 Å². The topological polar surface area (TPSA) is 38.3 Å². The Morgan fingerprint density at radius 3 is 3.05 bits per heavy atom. The first kappa shape index (κ1) is 13.7. The Labute approximate surface area is 114 Å². The van der Waals surface area contributed by atoms with Crippen molar-refractivity contribution in [3.05, 3.63) is 41.5 Å². The van der Waals surface area contributed by atoms with E-state index in [0.29, 0.717) is 19.1 Å². The van der Waals surface area contributed by atoms with E-state index in [1.165, 1.54) is 5.56 Å². The Hall–Kier alpha value is -1.77. The lowest BCUT2D eigenvalue weighted by atomic mass is 9.96. The number of amides is 1. The van der Waals surface area contributed by atoms with Crippen LogP contribution in [0.2, 0.25) is 0 Å². The molecule has 1 amide bonds. The summed E-state index contributed by atoms with van der Waals surface area (Å²) in [7, 11) is 0. The highest BCUT2D eigenvalue weighted by atomic mass is 16.5. The number of carbonyl (C=O) groups is 1. The minimum Gasteiger partial charge on any atom is -0.493 e. The van der Waals surface area contributed by atoms with E-state index in [1.807, 2.05) is 38.1 Å². The molecule has 1 aromatic carbocycles. The van der Waals surface area contributed by atoms with Crippen molar-refractivity contribution in [3.8, 4) is 5.75 Å². The van der Waals surface area contributed by atoms with Crippen LogP contribution in [0.3, 0.4) is 0 Å². The summed E-state index contributed by atoms with van der Waals surface area (Å²) in [4.78, 5) is 11.8. The summed E-state index contributed by atoms with van der Waals surface area (Å²) in [6, 6.07) is 8.10. The summed E-state index contributed by atoms with van der Waals surface area (Å²) in [5.74, 6) is 1.36. The lowest BCUT2D eigenvalue weighted by Gasteiger charge is -2.25. The second kappa shape index (κ2) is 6.41. The van der Waals surface area contributed by atoms with Crippen LogP contribution in [0.25, 0.3) is 0 Å². The molecule has 3 nitrogen and oxygen atoms in total. The van der Waals surface area contributed by atoms with Crippen molar-refractivity contribution in [3.63, 3.8) is 0 Å². The van der Waals surface area contributed by atoms with E-state index in [1.54, 1.807) is 0 Å². The average Bonchev–Trinajstić information content (AvgIpc) is 2.44. The first-order valence-corrected chi connectivity index (χ1v) is 6.86. The van der Waals surface area contributed by atoms with Gasteiger partial charge in [0.05, 0.1) is 6.61 Å². The molecule has 1 heterocycles. The summed E-state index contributed by atoms with van der Waals surface area (Å²) in [6.45, 7) is 5.23. The van der Waals surface area contributed by atoms with E-state index in [-0.39, 0.29) is 5.91 Å². The Kier molecular flexibility index (Phi) is 4.61. The number of para-hydroxylation sites is 1. The van der Waals surface area contributed by atoms with Gasteiger partial charge in [0.2, 0.25) is 5.91 Å². The smallest absolute Gasteiger partial charge is 0.246 e. The van der Waals surface area contributed by atoms with E-state index in [0.717, 1.165) is 24.2 Å². The third-order valence-electron chi connectivity index (χ3n) is 3.38. The molecule has 0 saturated heterocycles. The Bertz CT molecular complexity index is 479. The lowest BCUT2D eigenvalue weighted by Crippen LogP contribution is -2.35. The van der Waals surface area contributed by atoms with Gasteiger partial charge in [0.1, 0.15) is 5.75 Å². The first-order chi connectivity index (χ1) is 9.20. The largest absolute Gasteiger partial charge is 0.493 e. The first-order valence-electron chi connectivity index (χ1n) is 6.86. The van der Waals surface area contributed by atoms with E-state index in [2.05, 4.69) is 11.4 Å². The Balaban J connectivity index is 1.86. The SMILES string of the molecule is CC/C=C(/C)C(=O)NC[C@@H]1COc2ccccc2C1. The fraction of sp³-hybridized carbons (Fsp3) is 0.438. The molecule has 1 aliphatic heterocycles. The molecule has 1 aliphatic rings. The van der Waals surface area contributed by atoms with Gasteiger partial charge in [-0.05, 0) is 31.4 Å². The highest BCUT2D eigenvalue weighted by molar-refractivity contribution is 5.92. The third-order valence-corrected chi connectivity index (χ3v) is 3.38. The normalized spacial score (nSPS) is 18.4. The van der Waals surface area contributed by atoms with Gasteiger partial charge in [-0.2, -0.15) is 0 Å². The molecule has 1 atom stereocenters. The predicted octanol–water partition coefficient (Wildman–Crippen LogP) is 2.71. The number of fused-ring (bicyclic) bond motifs is 1. The van der Waals surface area contributed by atoms with Crippen molar-refractivity contribution in [1.29, 1.82) is 0 Å². The molecule has 1 aromatic rings. The number of hydrogen-bond acceptors (Lipinski definition) is 2. The van der Waals surface area contributed by atoms with E-state index < -0.39 is 0 Å². The number of hydrogen-bond donors (Lipinski definition) is 1. The lowest BCUT2D eigenvalue weighted by molar-refractivity contribution is -0.117. The summed E-state index contributed by atoms with van der Waals surface area (Å²) < 4.78 is 5.71. The van der Waals surface area contributed by atoms with Crippen molar-refractivity contribution in [2.75, 3.05) is 13.2 Å². The molecular weight excluding hydrogens is 238 g/mol. The van der Waals surface area contributed by atoms with Crippen LogP contribution in [0.5, 0.6) is 5.75 Å². The number of allylic oxidation sites excluding steroid dienone is 1. The van der Waals surface area contributed by atoms with Crippen LogP contribution >= 0.6 is 0 Å². The maximum absolute atomic E-state index is 11.8. The number of rotatable bonds is 4. The molecule has 1 N–H and O–H groups in total. The average molecular weight is 259 g/mol. The third kappa shape index (κ3) is 3.60. The maximum Gasteiger partial charge on any atom is 0.246 e. The van der Waals surface area contributed by atoms with Gasteiger partial charge in [-0.25, -0.2) is 0 Å². The van der Waals surface area contributed by atoms with Crippen LogP contribution in [-0.2, 0) is 11.2 Å². The summed E-state index contributed by atoms with van der Waals surface area (Å²) in [6.07, 6.45) is 3.80. The van der Waals surface area contributed by atoms with Crippen molar-refractivity contribution >= 4 is 5.91 Å². The van der Waals surface area contributed by atoms with Crippen molar-refractivity contribution < 1.29 is 9.53 Å². The summed E-state index contributed by atoms with van der Waals surface area (Å²) >= 11 is 0. The minimum atomic E-state index is 0.0284. The van der Waals surface area contributed by atoms with Crippen LogP contribution in [0.15, 0.2) is 35.9 Å². The second-order valence-corrected chi connectivity index (χ2v) is 4.99. The van der Waals surface area contributed by atoms with Crippen LogP contribution in [0.4, 0.5) is 0 Å². The zero-order chi connectivity index (χ0) is 13.7. The van der Waals surface area contributed by atoms with Gasteiger partial charge >= 0.3 is 0 Å². The van der Waals surface area contributed by atoms with Gasteiger partial charge in [-0.1, -0.05) is 31.2 Å². The molecule has 0 aromatic heterocycles. The molecule has 102 valence electrons. The zero-order valence-electron chi connectivity index (χ0n) is 11.6. The molecule has 0 aliphatic carbocycles. The van der Waals surface area contributed by atoms with Crippen molar-refractivity contribution in [2.24, 2.45) is 5.92 Å². The van der Waals surface area contributed by atoms with Gasteiger partial charge in [0.15, 0.2) is 0 Å². The molecule has 0 spiro atoms. The van der Waals surface area contributed by atoms with Crippen LogP contribution in [0, 0.1) is 5.92 Å². The Morgan fingerprint density at radius 2 is 2.26 bits per heavy atom. The Morgan fingerprint density at radius 1 is 1.47 bits per heavy atom. The standard InChI is InChI=1S/C16H21NO2/c1-3-6-12(2)16(18)17-10-13-9-14-7-4-5-8-15(14)19-11-13/h4-8,13H,3,9-11H2,1-2H3,(H,17,18)/b12-6-/t13-/m1/s1. The van der Waals surface area contributed by atoms with Crippen LogP contribution in [0.1, 0.15) is 25.8 Å². The quantitative estimate of drug-likeness (QED) is 0.844. The molecule has 2 rings (SSSR count). The fourth-order valence-electron chi connectivity index (χ4n) is 2.30. The predicted molar refractivity (Wildman–Crippen MR) is 76.2 cm³/mol. The zero-order valence-corrected chi connectivity index (χ0v) is 11.6. The van der Waals surface area contributed by atoms with Gasteiger partial charge in [-0.15, -0.1) is 0 Å². The molecule has 19 heavy (non-hydrogen) atoms. The minimum absolute atomic E-state index is 0.0284. The molecule has 0 unspecified atom stereocenters. The van der Waals surface area contributed by atoms with Gasteiger partial charge in [0, 0.05) is 18.0 Å². The van der Waals surface area contributed by atoms with Crippen LogP contribution < -0.4 is 10.1 Å². The second-order valence-electron chi connectivity index (χ2n) is 4.99. The number of benzene rings is 1. The molecular formula is C16H21NO2. The molecule has 0 radical (unpaired) electrons. The van der Waals surface area contributed by atoms with Crippen molar-refractivity contribution in [2.45, 2.75) is 26.7 Å². The highest BCUT2D eigenvalue weighted by Crippen LogP contribution is 2.26. The molecule has 0 fully saturated rings. The van der Waals surface area contributed by atoms with Gasteiger partial charge in [0.25, 0.3) is 0 Å². The molecule has 0 bridgehead atoms. The maximum atomic E-state index is 11.8. The van der Waals surface area contributed by atoms with E-state index >= 15 is 0 Å². The highest BCUT2D eigenvalue weighted by Gasteiger charge is 2.19. The fourth-order valence-corrected chi connectivity index (χ4v) is 2.30. The number of nitrogens with one attached hydrogen (secondary N) is 1. The van der Waals surface area contributed by atoms with Gasteiger partial charge < -0.3 is 10.1 Å². The monoisotopic (exact) mass is 259 g/mol. The summed E-state index contributed by atoms with van der Waals surface area (Å²) in [5, 5.41) is 2.98. The van der Waals surface area contributed by atoms with E-state index in [9.17, 15) is 4.79 Å². The molecule has 0 saturated carbocycles.